The second-order valence-corrected chi connectivity index (χ2v) is 5.76. The average Bonchev–Trinajstić information content (AvgIpc) is 2.68. The van der Waals surface area contributed by atoms with E-state index in [9.17, 15) is 24.5 Å². The van der Waals surface area contributed by atoms with E-state index < -0.39 is 28.7 Å². The maximum Gasteiger partial charge on any atom is 0.325 e. The van der Waals surface area contributed by atoms with Crippen molar-refractivity contribution in [3.05, 3.63) is 81.5 Å². The minimum Gasteiger partial charge on any atom is -0.480 e. The van der Waals surface area contributed by atoms with E-state index in [1.165, 1.54) is 49.4 Å². The number of carbonyl (C=O) groups is 3. The molecule has 0 aliphatic carbocycles. The van der Waals surface area contributed by atoms with Crippen LogP contribution in [0.3, 0.4) is 0 Å². The number of carboxylic acids is 1. The Bertz CT molecular complexity index is 940. The summed E-state index contributed by atoms with van der Waals surface area (Å²) < 4.78 is 0. The summed E-state index contributed by atoms with van der Waals surface area (Å²) in [5.74, 6) is -2.68. The van der Waals surface area contributed by atoms with Gasteiger partial charge in [-0.2, -0.15) is 0 Å². The summed E-state index contributed by atoms with van der Waals surface area (Å²) in [6.07, 6.45) is 1.23. The van der Waals surface area contributed by atoms with E-state index in [0.717, 1.165) is 0 Å². The summed E-state index contributed by atoms with van der Waals surface area (Å²) in [5, 5.41) is 24.6. The highest BCUT2D eigenvalue weighted by atomic mass is 16.6. The molecule has 2 aromatic carbocycles. The Morgan fingerprint density at radius 1 is 1.11 bits per heavy atom. The van der Waals surface area contributed by atoms with Crippen LogP contribution >= 0.6 is 0 Å². The van der Waals surface area contributed by atoms with Gasteiger partial charge < -0.3 is 15.7 Å². The Labute approximate surface area is 159 Å². The number of hydrogen-bond donors (Lipinski definition) is 3. The van der Waals surface area contributed by atoms with Gasteiger partial charge >= 0.3 is 5.97 Å². The second-order valence-electron chi connectivity index (χ2n) is 5.76. The van der Waals surface area contributed by atoms with Gasteiger partial charge in [0.1, 0.15) is 11.7 Å². The van der Waals surface area contributed by atoms with Crippen LogP contribution in [-0.4, -0.2) is 33.9 Å². The van der Waals surface area contributed by atoms with E-state index in [1.54, 1.807) is 18.2 Å². The lowest BCUT2D eigenvalue weighted by Crippen LogP contribution is -2.42. The zero-order chi connectivity index (χ0) is 20.7. The van der Waals surface area contributed by atoms with Crippen molar-refractivity contribution in [2.75, 3.05) is 0 Å². The van der Waals surface area contributed by atoms with E-state index in [-0.39, 0.29) is 22.5 Å². The smallest absolute Gasteiger partial charge is 0.325 e. The van der Waals surface area contributed by atoms with Gasteiger partial charge in [0.2, 0.25) is 0 Å². The normalized spacial score (nSPS) is 12.0. The van der Waals surface area contributed by atoms with Crippen LogP contribution in [0.4, 0.5) is 5.69 Å². The molecule has 0 saturated carbocycles. The average molecular weight is 383 g/mol. The lowest BCUT2D eigenvalue weighted by Gasteiger charge is -2.13. The molecule has 0 spiro atoms. The fourth-order valence-electron chi connectivity index (χ4n) is 2.17. The Hall–Kier alpha value is -4.01. The molecule has 9 nitrogen and oxygen atoms in total. The molecule has 0 aromatic heterocycles. The van der Waals surface area contributed by atoms with Crippen molar-refractivity contribution in [3.8, 4) is 0 Å². The first-order valence-electron chi connectivity index (χ1n) is 8.14. The van der Waals surface area contributed by atoms with Gasteiger partial charge in [-0.1, -0.05) is 30.3 Å². The summed E-state index contributed by atoms with van der Waals surface area (Å²) >= 11 is 0. The maximum absolute atomic E-state index is 12.5. The van der Waals surface area contributed by atoms with Gasteiger partial charge in [-0.05, 0) is 30.7 Å². The first-order valence-corrected chi connectivity index (χ1v) is 8.14. The standard InChI is InChI=1S/C19H17N3O6/c1-12(19(25)26)20-18(24)16(21-17(23)14-7-3-2-4-8-14)11-13-6-5-9-15(10-13)22(27)28/h2-12H,1H3,(H,20,24)(H,21,23)(H,25,26)/b16-11+/t12-/m0/s1. The number of carbonyl (C=O) groups excluding carboxylic acids is 2. The zero-order valence-electron chi connectivity index (χ0n) is 14.8. The molecule has 0 aliphatic heterocycles. The number of non-ortho nitro benzene ring substituents is 1. The van der Waals surface area contributed by atoms with E-state index in [0.29, 0.717) is 0 Å². The van der Waals surface area contributed by atoms with Crippen molar-refractivity contribution in [2.45, 2.75) is 13.0 Å². The maximum atomic E-state index is 12.5. The molecule has 0 fully saturated rings. The molecule has 9 heteroatoms. The molecular weight excluding hydrogens is 366 g/mol. The summed E-state index contributed by atoms with van der Waals surface area (Å²) in [6.45, 7) is 1.27. The van der Waals surface area contributed by atoms with Crippen molar-refractivity contribution in [3.63, 3.8) is 0 Å². The Morgan fingerprint density at radius 2 is 1.79 bits per heavy atom. The van der Waals surface area contributed by atoms with Crippen molar-refractivity contribution in [2.24, 2.45) is 0 Å². The third kappa shape index (κ3) is 5.49. The lowest BCUT2D eigenvalue weighted by atomic mass is 10.1. The van der Waals surface area contributed by atoms with Crippen molar-refractivity contribution in [1.29, 1.82) is 0 Å². The highest BCUT2D eigenvalue weighted by Gasteiger charge is 2.20. The molecule has 0 aliphatic rings. The monoisotopic (exact) mass is 383 g/mol. The predicted octanol–water partition coefficient (Wildman–Crippen LogP) is 1.96. The van der Waals surface area contributed by atoms with Crippen LogP contribution in [0.2, 0.25) is 0 Å². The number of nitro benzene ring substituents is 1. The molecule has 144 valence electrons. The van der Waals surface area contributed by atoms with Gasteiger partial charge in [0, 0.05) is 17.7 Å². The molecule has 0 heterocycles. The number of amides is 2. The number of nitrogens with zero attached hydrogens (tertiary/aromatic N) is 1. The first kappa shape index (κ1) is 20.3. The van der Waals surface area contributed by atoms with E-state index in [4.69, 9.17) is 5.11 Å². The minimum absolute atomic E-state index is 0.193. The summed E-state index contributed by atoms with van der Waals surface area (Å²) in [5.41, 5.74) is 0.131. The first-order chi connectivity index (χ1) is 13.3. The molecule has 0 bridgehead atoms. The van der Waals surface area contributed by atoms with Crippen LogP contribution < -0.4 is 10.6 Å². The molecule has 2 rings (SSSR count). The highest BCUT2D eigenvalue weighted by molar-refractivity contribution is 6.06. The van der Waals surface area contributed by atoms with Crippen molar-refractivity contribution >= 4 is 29.5 Å². The van der Waals surface area contributed by atoms with E-state index >= 15 is 0 Å². The van der Waals surface area contributed by atoms with Crippen LogP contribution in [-0.2, 0) is 9.59 Å². The van der Waals surface area contributed by atoms with Gasteiger partial charge in [0.25, 0.3) is 17.5 Å². The van der Waals surface area contributed by atoms with Gasteiger partial charge in [0.05, 0.1) is 4.92 Å². The zero-order valence-corrected chi connectivity index (χ0v) is 14.8. The Kier molecular flexibility index (Phi) is 6.58. The Morgan fingerprint density at radius 3 is 2.39 bits per heavy atom. The number of aliphatic carboxylic acids is 1. The number of nitrogens with one attached hydrogen (secondary N) is 2. The fourth-order valence-corrected chi connectivity index (χ4v) is 2.17. The summed E-state index contributed by atoms with van der Waals surface area (Å²) in [7, 11) is 0. The SMILES string of the molecule is C[C@H](NC(=O)/C(=C\c1cccc([N+](=O)[O-])c1)NC(=O)c1ccccc1)C(=O)O. The molecule has 0 unspecified atom stereocenters. The van der Waals surface area contributed by atoms with Crippen LogP contribution in [0.25, 0.3) is 6.08 Å². The summed E-state index contributed by atoms with van der Waals surface area (Å²) in [4.78, 5) is 46.2. The van der Waals surface area contributed by atoms with Crippen LogP contribution in [0.5, 0.6) is 0 Å². The third-order valence-electron chi connectivity index (χ3n) is 3.64. The van der Waals surface area contributed by atoms with Gasteiger partial charge in [-0.25, -0.2) is 0 Å². The fraction of sp³-hybridized carbons (Fsp3) is 0.105. The number of carboxylic acid groups (broad SMARTS) is 1. The predicted molar refractivity (Wildman–Crippen MR) is 100 cm³/mol. The molecule has 28 heavy (non-hydrogen) atoms. The number of hydrogen-bond acceptors (Lipinski definition) is 5. The van der Waals surface area contributed by atoms with E-state index in [2.05, 4.69) is 10.6 Å². The molecule has 2 aromatic rings. The highest BCUT2D eigenvalue weighted by Crippen LogP contribution is 2.15. The molecule has 2 amide bonds. The van der Waals surface area contributed by atoms with Gasteiger partial charge in [-0.15, -0.1) is 0 Å². The summed E-state index contributed by atoms with van der Waals surface area (Å²) in [6, 6.07) is 12.3. The second kappa shape index (κ2) is 9.08. The lowest BCUT2D eigenvalue weighted by molar-refractivity contribution is -0.384. The third-order valence-corrected chi connectivity index (χ3v) is 3.64. The largest absolute Gasteiger partial charge is 0.480 e. The van der Waals surface area contributed by atoms with E-state index in [1.807, 2.05) is 0 Å². The van der Waals surface area contributed by atoms with Crippen molar-refractivity contribution < 1.29 is 24.4 Å². The van der Waals surface area contributed by atoms with Gasteiger partial charge in [-0.3, -0.25) is 24.5 Å². The van der Waals surface area contributed by atoms with Gasteiger partial charge in [0.15, 0.2) is 0 Å². The van der Waals surface area contributed by atoms with Crippen LogP contribution in [0.1, 0.15) is 22.8 Å². The van der Waals surface area contributed by atoms with Crippen LogP contribution in [0, 0.1) is 10.1 Å². The molecule has 3 N–H and O–H groups in total. The number of rotatable bonds is 7. The topological polar surface area (TPSA) is 139 Å². The number of benzene rings is 2. The Balaban J connectivity index is 2.36. The molecule has 0 saturated heterocycles. The van der Waals surface area contributed by atoms with Crippen molar-refractivity contribution in [1.82, 2.24) is 10.6 Å². The molecule has 1 atom stereocenters. The van der Waals surface area contributed by atoms with Crippen LogP contribution in [0.15, 0.2) is 60.3 Å². The molecule has 0 radical (unpaired) electrons. The number of nitro groups is 1. The molecular formula is C19H17N3O6. The quantitative estimate of drug-likeness (QED) is 0.379. The minimum atomic E-state index is -1.25.